The summed E-state index contributed by atoms with van der Waals surface area (Å²) >= 11 is 12.0. The van der Waals surface area contributed by atoms with Gasteiger partial charge in [-0.1, -0.05) is 23.2 Å². The van der Waals surface area contributed by atoms with E-state index in [1.165, 1.54) is 6.07 Å². The van der Waals surface area contributed by atoms with Gasteiger partial charge in [-0.05, 0) is 37.3 Å². The summed E-state index contributed by atoms with van der Waals surface area (Å²) < 4.78 is 10.6. The first-order valence-electron chi connectivity index (χ1n) is 7.45. The van der Waals surface area contributed by atoms with Gasteiger partial charge in [-0.2, -0.15) is 0 Å². The van der Waals surface area contributed by atoms with Crippen LogP contribution in [0.5, 0.6) is 5.75 Å². The Morgan fingerprint density at radius 3 is 2.72 bits per heavy atom. The molecule has 25 heavy (non-hydrogen) atoms. The fourth-order valence-corrected chi connectivity index (χ4v) is 2.71. The summed E-state index contributed by atoms with van der Waals surface area (Å²) in [7, 11) is 0. The second kappa shape index (κ2) is 7.17. The molecule has 1 amide bonds. The molecule has 0 fully saturated rings. The van der Waals surface area contributed by atoms with Gasteiger partial charge in [-0.3, -0.25) is 4.79 Å². The molecule has 0 saturated carbocycles. The molecule has 1 N–H and O–H groups in total. The maximum absolute atomic E-state index is 12.6. The lowest BCUT2D eigenvalue weighted by molar-refractivity contribution is 0.102. The molecule has 0 radical (unpaired) electrons. The minimum Gasteiger partial charge on any atom is -0.494 e. The molecule has 2 aromatic carbocycles. The van der Waals surface area contributed by atoms with Crippen LogP contribution in [0.3, 0.4) is 0 Å². The van der Waals surface area contributed by atoms with Crippen molar-refractivity contribution in [3.8, 4) is 5.75 Å². The maximum Gasteiger partial charge on any atom is 0.337 e. The highest BCUT2D eigenvalue weighted by Gasteiger charge is 2.15. The number of ether oxygens (including phenoxy) is 1. The molecule has 0 aliphatic heterocycles. The Morgan fingerprint density at radius 1 is 1.16 bits per heavy atom. The van der Waals surface area contributed by atoms with E-state index in [0.29, 0.717) is 33.5 Å². The van der Waals surface area contributed by atoms with E-state index in [-0.39, 0.29) is 11.1 Å². The lowest BCUT2D eigenvalue weighted by atomic mass is 10.1. The standard InChI is InChI=1S/C18H13Cl2NO4/c1-2-24-11-4-5-12-13(9-17(22)25-16(12)8-11)18(23)21-15-7-10(19)3-6-14(15)20/h3-9H,2H2,1H3,(H,21,23). The third-order valence-corrected chi connectivity index (χ3v) is 4.01. The number of hydrogen-bond donors (Lipinski definition) is 1. The fourth-order valence-electron chi connectivity index (χ4n) is 2.37. The van der Waals surface area contributed by atoms with Crippen molar-refractivity contribution in [2.45, 2.75) is 6.92 Å². The molecule has 128 valence electrons. The van der Waals surface area contributed by atoms with Gasteiger partial charge < -0.3 is 14.5 Å². The number of anilines is 1. The van der Waals surface area contributed by atoms with Crippen LogP contribution in [0.4, 0.5) is 5.69 Å². The summed E-state index contributed by atoms with van der Waals surface area (Å²) in [4.78, 5) is 24.4. The van der Waals surface area contributed by atoms with E-state index in [4.69, 9.17) is 32.4 Å². The number of rotatable bonds is 4. The zero-order valence-corrected chi connectivity index (χ0v) is 14.6. The summed E-state index contributed by atoms with van der Waals surface area (Å²) in [6.45, 7) is 2.32. The van der Waals surface area contributed by atoms with Crippen LogP contribution >= 0.6 is 23.2 Å². The van der Waals surface area contributed by atoms with Crippen molar-refractivity contribution in [2.24, 2.45) is 0 Å². The summed E-state index contributed by atoms with van der Waals surface area (Å²) in [6.07, 6.45) is 0. The molecule has 5 nitrogen and oxygen atoms in total. The van der Waals surface area contributed by atoms with Crippen LogP contribution in [0.2, 0.25) is 10.0 Å². The zero-order chi connectivity index (χ0) is 18.0. The van der Waals surface area contributed by atoms with Gasteiger partial charge in [0.05, 0.1) is 22.9 Å². The van der Waals surface area contributed by atoms with E-state index < -0.39 is 11.5 Å². The van der Waals surface area contributed by atoms with E-state index >= 15 is 0 Å². The van der Waals surface area contributed by atoms with E-state index in [1.54, 1.807) is 30.3 Å². The summed E-state index contributed by atoms with van der Waals surface area (Å²) in [5, 5.41) is 3.91. The number of carbonyl (C=O) groups is 1. The van der Waals surface area contributed by atoms with Gasteiger partial charge in [0.15, 0.2) is 0 Å². The van der Waals surface area contributed by atoms with Gasteiger partial charge in [0.25, 0.3) is 5.91 Å². The van der Waals surface area contributed by atoms with Crippen molar-refractivity contribution in [2.75, 3.05) is 11.9 Å². The normalized spacial score (nSPS) is 10.7. The third-order valence-electron chi connectivity index (χ3n) is 3.45. The van der Waals surface area contributed by atoms with Crippen molar-refractivity contribution in [1.29, 1.82) is 0 Å². The molecule has 7 heteroatoms. The van der Waals surface area contributed by atoms with Gasteiger partial charge >= 0.3 is 5.63 Å². The highest BCUT2D eigenvalue weighted by atomic mass is 35.5. The lowest BCUT2D eigenvalue weighted by Gasteiger charge is -2.10. The molecular weight excluding hydrogens is 365 g/mol. The van der Waals surface area contributed by atoms with Crippen LogP contribution in [0.15, 0.2) is 51.7 Å². The first kappa shape index (κ1) is 17.3. The van der Waals surface area contributed by atoms with Crippen LogP contribution in [0.1, 0.15) is 17.3 Å². The SMILES string of the molecule is CCOc1ccc2c(C(=O)Nc3cc(Cl)ccc3Cl)cc(=O)oc2c1. The number of nitrogens with one attached hydrogen (secondary N) is 1. The van der Waals surface area contributed by atoms with Crippen LogP contribution in [-0.4, -0.2) is 12.5 Å². The molecule has 0 aliphatic carbocycles. The van der Waals surface area contributed by atoms with Crippen molar-refractivity contribution in [3.63, 3.8) is 0 Å². The van der Waals surface area contributed by atoms with Crippen LogP contribution in [0.25, 0.3) is 11.0 Å². The van der Waals surface area contributed by atoms with E-state index in [2.05, 4.69) is 5.32 Å². The van der Waals surface area contributed by atoms with Gasteiger partial charge in [-0.25, -0.2) is 4.79 Å². The molecular formula is C18H13Cl2NO4. The molecule has 1 heterocycles. The Balaban J connectivity index is 2.03. The molecule has 0 aliphatic rings. The molecule has 0 bridgehead atoms. The zero-order valence-electron chi connectivity index (χ0n) is 13.1. The predicted molar refractivity (Wildman–Crippen MR) is 98.1 cm³/mol. The fraction of sp³-hybridized carbons (Fsp3) is 0.111. The van der Waals surface area contributed by atoms with E-state index in [1.807, 2.05) is 6.92 Å². The second-order valence-corrected chi connectivity index (χ2v) is 5.99. The lowest BCUT2D eigenvalue weighted by Crippen LogP contribution is -2.15. The van der Waals surface area contributed by atoms with Crippen LogP contribution in [-0.2, 0) is 0 Å². The average molecular weight is 378 g/mol. The predicted octanol–water partition coefficient (Wildman–Crippen LogP) is 4.75. The summed E-state index contributed by atoms with van der Waals surface area (Å²) in [5.41, 5.74) is 0.154. The molecule has 0 unspecified atom stereocenters. The minimum atomic E-state index is -0.636. The molecule has 0 spiro atoms. The molecule has 0 atom stereocenters. The number of benzene rings is 2. The Kier molecular flexibility index (Phi) is 4.97. The van der Waals surface area contributed by atoms with Crippen molar-refractivity contribution in [1.82, 2.24) is 0 Å². The van der Waals surface area contributed by atoms with E-state index in [0.717, 1.165) is 6.07 Å². The van der Waals surface area contributed by atoms with Gasteiger partial charge in [-0.15, -0.1) is 0 Å². The Labute approximate surface area is 153 Å². The average Bonchev–Trinajstić information content (AvgIpc) is 2.57. The first-order chi connectivity index (χ1) is 12.0. The third kappa shape index (κ3) is 3.78. The van der Waals surface area contributed by atoms with Crippen LogP contribution < -0.4 is 15.7 Å². The number of hydrogen-bond acceptors (Lipinski definition) is 4. The Bertz CT molecular complexity index is 1010. The number of carbonyl (C=O) groups excluding carboxylic acids is 1. The molecule has 3 aromatic rings. The van der Waals surface area contributed by atoms with Crippen molar-refractivity contribution < 1.29 is 13.9 Å². The summed E-state index contributed by atoms with van der Waals surface area (Å²) in [5.74, 6) is 0.0554. The Morgan fingerprint density at radius 2 is 1.96 bits per heavy atom. The number of halogens is 2. The largest absolute Gasteiger partial charge is 0.494 e. The molecule has 0 saturated heterocycles. The highest BCUT2D eigenvalue weighted by Crippen LogP contribution is 2.27. The number of amides is 1. The highest BCUT2D eigenvalue weighted by molar-refractivity contribution is 6.36. The summed E-state index contributed by atoms with van der Waals surface area (Å²) in [6, 6.07) is 10.8. The molecule has 1 aromatic heterocycles. The van der Waals surface area contributed by atoms with Gasteiger partial charge in [0, 0.05) is 22.5 Å². The van der Waals surface area contributed by atoms with Gasteiger partial charge in [0.1, 0.15) is 11.3 Å². The molecule has 3 rings (SSSR count). The smallest absolute Gasteiger partial charge is 0.337 e. The monoisotopic (exact) mass is 377 g/mol. The number of fused-ring (bicyclic) bond motifs is 1. The second-order valence-electron chi connectivity index (χ2n) is 5.15. The minimum absolute atomic E-state index is 0.172. The quantitative estimate of drug-likeness (QED) is 0.666. The topological polar surface area (TPSA) is 68.5 Å². The van der Waals surface area contributed by atoms with Gasteiger partial charge in [0.2, 0.25) is 0 Å². The maximum atomic E-state index is 12.6. The van der Waals surface area contributed by atoms with Crippen LogP contribution in [0, 0.1) is 0 Å². The van der Waals surface area contributed by atoms with Crippen molar-refractivity contribution >= 4 is 45.8 Å². The van der Waals surface area contributed by atoms with Crippen molar-refractivity contribution in [3.05, 3.63) is 68.5 Å². The van der Waals surface area contributed by atoms with E-state index in [9.17, 15) is 9.59 Å². The Hall–Kier alpha value is -2.50. The first-order valence-corrected chi connectivity index (χ1v) is 8.20.